The van der Waals surface area contributed by atoms with E-state index in [1.807, 2.05) is 33.9 Å². The summed E-state index contributed by atoms with van der Waals surface area (Å²) in [5.41, 5.74) is 2.54. The molecule has 0 saturated carbocycles. The van der Waals surface area contributed by atoms with Crippen LogP contribution in [-0.4, -0.2) is 63.2 Å². The lowest BCUT2D eigenvalue weighted by atomic mass is 10.1. The van der Waals surface area contributed by atoms with Crippen LogP contribution in [0.3, 0.4) is 0 Å². The number of thiol groups is 1. The molecule has 0 aliphatic carbocycles. The smallest absolute Gasteiger partial charge is 0.244 e. The molecule has 3 aromatic rings. The van der Waals surface area contributed by atoms with E-state index >= 15 is 0 Å². The van der Waals surface area contributed by atoms with Gasteiger partial charge in [-0.3, -0.25) is 4.68 Å². The first-order chi connectivity index (χ1) is 13.8. The van der Waals surface area contributed by atoms with Crippen LogP contribution in [0.25, 0.3) is 16.7 Å². The van der Waals surface area contributed by atoms with Gasteiger partial charge in [-0.1, -0.05) is 0 Å². The number of rotatable bonds is 8. The predicted molar refractivity (Wildman–Crippen MR) is 108 cm³/mol. The number of fused-ring (bicyclic) bond motifs is 1. The summed E-state index contributed by atoms with van der Waals surface area (Å²) >= 11 is 4.21. The van der Waals surface area contributed by atoms with E-state index in [0.29, 0.717) is 44.1 Å². The number of anilines is 1. The molecular weight excluding hydrogens is 380 g/mol. The van der Waals surface area contributed by atoms with Crippen molar-refractivity contribution in [2.45, 2.75) is 25.5 Å². The highest BCUT2D eigenvalue weighted by atomic mass is 32.1. The molecule has 28 heavy (non-hydrogen) atoms. The van der Waals surface area contributed by atoms with Gasteiger partial charge >= 0.3 is 0 Å². The third-order valence-corrected chi connectivity index (χ3v) is 4.77. The van der Waals surface area contributed by atoms with Gasteiger partial charge in [0.1, 0.15) is 11.6 Å². The molecule has 3 aromatic heterocycles. The highest BCUT2D eigenvalue weighted by Crippen LogP contribution is 2.30. The summed E-state index contributed by atoms with van der Waals surface area (Å²) < 4.78 is 20.7. The zero-order valence-corrected chi connectivity index (χ0v) is 16.6. The van der Waals surface area contributed by atoms with E-state index in [1.165, 1.54) is 0 Å². The molecule has 0 bridgehead atoms. The molecule has 0 radical (unpaired) electrons. The standard InChI is InChI=1S/C18H24N6O3S/c1-25-9-6-23-11-13(10-20-23)24-5-2-15-16(24)17(22-18(21-15)19-12-28)27-14-3-7-26-8-4-14/h2,5,10-11,14,28H,3-4,6-9,12H2,1H3,(H,19,21,22). The Morgan fingerprint density at radius 1 is 1.32 bits per heavy atom. The van der Waals surface area contributed by atoms with Crippen molar-refractivity contribution in [3.05, 3.63) is 24.7 Å². The van der Waals surface area contributed by atoms with Gasteiger partial charge in [0.15, 0.2) is 0 Å². The molecule has 0 amide bonds. The Morgan fingerprint density at radius 2 is 2.18 bits per heavy atom. The van der Waals surface area contributed by atoms with E-state index in [9.17, 15) is 0 Å². The molecule has 10 heteroatoms. The monoisotopic (exact) mass is 404 g/mol. The molecule has 4 heterocycles. The zero-order valence-electron chi connectivity index (χ0n) is 15.7. The lowest BCUT2D eigenvalue weighted by Gasteiger charge is -2.23. The maximum atomic E-state index is 6.28. The van der Waals surface area contributed by atoms with Gasteiger partial charge in [0, 0.05) is 32.3 Å². The zero-order chi connectivity index (χ0) is 19.3. The highest BCUT2D eigenvalue weighted by Gasteiger charge is 2.21. The third-order valence-electron chi connectivity index (χ3n) is 4.61. The minimum Gasteiger partial charge on any atom is -0.473 e. The molecule has 1 saturated heterocycles. The summed E-state index contributed by atoms with van der Waals surface area (Å²) in [4.78, 5) is 9.17. The molecule has 0 atom stereocenters. The molecule has 1 aliphatic rings. The van der Waals surface area contributed by atoms with Crippen LogP contribution in [0.15, 0.2) is 24.7 Å². The van der Waals surface area contributed by atoms with Crippen molar-refractivity contribution in [3.63, 3.8) is 0 Å². The average molecular weight is 404 g/mol. The van der Waals surface area contributed by atoms with Crippen LogP contribution < -0.4 is 10.1 Å². The fourth-order valence-electron chi connectivity index (χ4n) is 3.20. The Morgan fingerprint density at radius 3 is 2.96 bits per heavy atom. The molecule has 1 aliphatic heterocycles. The summed E-state index contributed by atoms with van der Waals surface area (Å²) in [5, 5.41) is 7.46. The van der Waals surface area contributed by atoms with Gasteiger partial charge < -0.3 is 24.1 Å². The number of hydrogen-bond acceptors (Lipinski definition) is 8. The van der Waals surface area contributed by atoms with Crippen molar-refractivity contribution in [1.82, 2.24) is 24.3 Å². The molecule has 150 valence electrons. The second kappa shape index (κ2) is 8.80. The summed E-state index contributed by atoms with van der Waals surface area (Å²) in [7, 11) is 1.68. The Bertz CT molecular complexity index is 921. The Labute approximate surface area is 168 Å². The molecule has 9 nitrogen and oxygen atoms in total. The summed E-state index contributed by atoms with van der Waals surface area (Å²) in [6.07, 6.45) is 7.50. The number of aromatic nitrogens is 5. The minimum absolute atomic E-state index is 0.0727. The quantitative estimate of drug-likeness (QED) is 0.439. The topological polar surface area (TPSA) is 88.2 Å². The van der Waals surface area contributed by atoms with Gasteiger partial charge in [-0.25, -0.2) is 4.98 Å². The molecule has 0 spiro atoms. The largest absolute Gasteiger partial charge is 0.473 e. The summed E-state index contributed by atoms with van der Waals surface area (Å²) in [6.45, 7) is 2.70. The van der Waals surface area contributed by atoms with E-state index in [-0.39, 0.29) is 6.10 Å². The van der Waals surface area contributed by atoms with Crippen LogP contribution in [0, 0.1) is 0 Å². The van der Waals surface area contributed by atoms with Crippen LogP contribution >= 0.6 is 12.6 Å². The first-order valence-corrected chi connectivity index (χ1v) is 9.91. The van der Waals surface area contributed by atoms with Gasteiger partial charge in [-0.15, -0.1) is 0 Å². The predicted octanol–water partition coefficient (Wildman–Crippen LogP) is 2.12. The van der Waals surface area contributed by atoms with Crippen molar-refractivity contribution in [1.29, 1.82) is 0 Å². The molecule has 0 unspecified atom stereocenters. The highest BCUT2D eigenvalue weighted by molar-refractivity contribution is 7.80. The Kier molecular flexibility index (Phi) is 5.98. The normalized spacial score (nSPS) is 15.2. The molecular formula is C18H24N6O3S. The second-order valence-electron chi connectivity index (χ2n) is 6.49. The molecule has 1 N–H and O–H groups in total. The first kappa shape index (κ1) is 19.0. The van der Waals surface area contributed by atoms with Crippen molar-refractivity contribution in [2.75, 3.05) is 38.1 Å². The third kappa shape index (κ3) is 4.08. The molecule has 0 aromatic carbocycles. The fraction of sp³-hybridized carbons (Fsp3) is 0.500. The van der Waals surface area contributed by atoms with E-state index in [1.54, 1.807) is 7.11 Å². The van der Waals surface area contributed by atoms with Crippen LogP contribution in [0.5, 0.6) is 5.88 Å². The minimum atomic E-state index is 0.0727. The lowest BCUT2D eigenvalue weighted by molar-refractivity contribution is 0.0243. The second-order valence-corrected chi connectivity index (χ2v) is 6.81. The van der Waals surface area contributed by atoms with Gasteiger partial charge in [0.05, 0.1) is 49.6 Å². The maximum Gasteiger partial charge on any atom is 0.244 e. The van der Waals surface area contributed by atoms with Crippen molar-refractivity contribution in [2.24, 2.45) is 0 Å². The number of ether oxygens (including phenoxy) is 3. The number of nitrogens with one attached hydrogen (secondary N) is 1. The molecule has 4 rings (SSSR count). The van der Waals surface area contributed by atoms with Crippen molar-refractivity contribution >= 4 is 29.6 Å². The Balaban J connectivity index is 1.71. The fourth-order valence-corrected chi connectivity index (χ4v) is 3.34. The van der Waals surface area contributed by atoms with E-state index in [4.69, 9.17) is 14.2 Å². The number of hydrogen-bond donors (Lipinski definition) is 2. The van der Waals surface area contributed by atoms with Crippen LogP contribution in [0.4, 0.5) is 5.95 Å². The van der Waals surface area contributed by atoms with Crippen LogP contribution in [-0.2, 0) is 16.0 Å². The van der Waals surface area contributed by atoms with E-state index in [0.717, 1.165) is 29.6 Å². The van der Waals surface area contributed by atoms with E-state index < -0.39 is 0 Å². The van der Waals surface area contributed by atoms with Gasteiger partial charge in [-0.2, -0.15) is 22.7 Å². The first-order valence-electron chi connectivity index (χ1n) is 9.28. The van der Waals surface area contributed by atoms with Crippen molar-refractivity contribution < 1.29 is 14.2 Å². The number of nitrogens with zero attached hydrogens (tertiary/aromatic N) is 5. The average Bonchev–Trinajstić information content (AvgIpc) is 3.34. The van der Waals surface area contributed by atoms with Crippen LogP contribution in [0.2, 0.25) is 0 Å². The molecule has 1 fully saturated rings. The van der Waals surface area contributed by atoms with Gasteiger partial charge in [0.2, 0.25) is 11.8 Å². The van der Waals surface area contributed by atoms with Gasteiger partial charge in [-0.05, 0) is 6.07 Å². The van der Waals surface area contributed by atoms with Crippen molar-refractivity contribution in [3.8, 4) is 11.6 Å². The summed E-state index contributed by atoms with van der Waals surface area (Å²) in [5.74, 6) is 1.49. The van der Waals surface area contributed by atoms with Crippen LogP contribution in [0.1, 0.15) is 12.8 Å². The SMILES string of the molecule is COCCn1cc(-n2ccc3nc(NCS)nc(OC4CCOCC4)c32)cn1. The number of methoxy groups -OCH3 is 1. The maximum absolute atomic E-state index is 6.28. The lowest BCUT2D eigenvalue weighted by Crippen LogP contribution is -2.26. The van der Waals surface area contributed by atoms with E-state index in [2.05, 4.69) is 33.0 Å². The Hall–Kier alpha value is -2.30. The summed E-state index contributed by atoms with van der Waals surface area (Å²) in [6, 6.07) is 1.95. The van der Waals surface area contributed by atoms with Gasteiger partial charge in [0.25, 0.3) is 0 Å².